The molecule has 0 saturated carbocycles. The van der Waals surface area contributed by atoms with Gasteiger partial charge in [-0.15, -0.1) is 0 Å². The smallest absolute Gasteiger partial charge is 0.0770 e. The van der Waals surface area contributed by atoms with Gasteiger partial charge in [-0.2, -0.15) is 0 Å². The lowest BCUT2D eigenvalue weighted by atomic mass is 10.1. The van der Waals surface area contributed by atoms with Gasteiger partial charge < -0.3 is 5.11 Å². The fourth-order valence-electron chi connectivity index (χ4n) is 1.89. The van der Waals surface area contributed by atoms with Crippen molar-refractivity contribution in [2.75, 3.05) is 6.61 Å². The Kier molecular flexibility index (Phi) is 4.87. The molecule has 2 aromatic rings. The summed E-state index contributed by atoms with van der Waals surface area (Å²) in [6.45, 7) is 2.13. The minimum Gasteiger partial charge on any atom is -0.394 e. The summed E-state index contributed by atoms with van der Waals surface area (Å²) in [6, 6.07) is 18.2. The van der Waals surface area contributed by atoms with Crippen molar-refractivity contribution in [1.82, 2.24) is 0 Å². The van der Waals surface area contributed by atoms with E-state index in [1.165, 1.54) is 11.1 Å². The van der Waals surface area contributed by atoms with E-state index in [4.69, 9.17) is 0 Å². The maximum absolute atomic E-state index is 9.40. The summed E-state index contributed by atoms with van der Waals surface area (Å²) in [4.78, 5) is 4.46. The first-order chi connectivity index (χ1) is 9.28. The third-order valence-electron chi connectivity index (χ3n) is 3.04. The Hall–Kier alpha value is -1.93. The number of hydrogen-bond donors (Lipinski definition) is 1. The number of benzene rings is 2. The standard InChI is InChI=1S/C17H19NO/c1-14-7-9-16(10-8-14)12-18-17(13-19)11-15-5-3-2-4-6-15/h2-10,12,17,19H,11,13H2,1H3. The van der Waals surface area contributed by atoms with Crippen LogP contribution in [0.2, 0.25) is 0 Å². The van der Waals surface area contributed by atoms with Gasteiger partial charge in [-0.25, -0.2) is 0 Å². The van der Waals surface area contributed by atoms with Gasteiger partial charge in [0, 0.05) is 6.21 Å². The Morgan fingerprint density at radius 3 is 2.37 bits per heavy atom. The first kappa shape index (κ1) is 13.5. The van der Waals surface area contributed by atoms with E-state index in [-0.39, 0.29) is 12.6 Å². The summed E-state index contributed by atoms with van der Waals surface area (Å²) >= 11 is 0. The van der Waals surface area contributed by atoms with E-state index in [1.54, 1.807) is 0 Å². The summed E-state index contributed by atoms with van der Waals surface area (Å²) in [5.41, 5.74) is 3.50. The first-order valence-corrected chi connectivity index (χ1v) is 6.52. The zero-order valence-corrected chi connectivity index (χ0v) is 11.2. The number of aliphatic hydroxyl groups is 1. The molecule has 0 fully saturated rings. The van der Waals surface area contributed by atoms with Crippen LogP contribution in [-0.2, 0) is 6.42 Å². The topological polar surface area (TPSA) is 32.6 Å². The second kappa shape index (κ2) is 6.86. The molecule has 0 spiro atoms. The maximum atomic E-state index is 9.40. The average molecular weight is 253 g/mol. The highest BCUT2D eigenvalue weighted by Gasteiger charge is 2.05. The molecule has 0 bridgehead atoms. The third-order valence-corrected chi connectivity index (χ3v) is 3.04. The van der Waals surface area contributed by atoms with Crippen LogP contribution in [0.5, 0.6) is 0 Å². The van der Waals surface area contributed by atoms with Gasteiger partial charge in [0.25, 0.3) is 0 Å². The molecule has 19 heavy (non-hydrogen) atoms. The predicted octanol–water partition coefficient (Wildman–Crippen LogP) is 3.02. The van der Waals surface area contributed by atoms with E-state index in [2.05, 4.69) is 36.2 Å². The second-order valence-corrected chi connectivity index (χ2v) is 4.71. The number of aliphatic hydroxyl groups excluding tert-OH is 1. The van der Waals surface area contributed by atoms with Gasteiger partial charge in [0.05, 0.1) is 12.6 Å². The molecule has 0 amide bonds. The summed E-state index contributed by atoms with van der Waals surface area (Å²) in [7, 11) is 0. The van der Waals surface area contributed by atoms with E-state index in [1.807, 2.05) is 36.5 Å². The summed E-state index contributed by atoms with van der Waals surface area (Å²) in [5.74, 6) is 0. The summed E-state index contributed by atoms with van der Waals surface area (Å²) in [5, 5.41) is 9.40. The molecule has 0 heterocycles. The zero-order valence-electron chi connectivity index (χ0n) is 11.2. The van der Waals surface area contributed by atoms with E-state index in [0.717, 1.165) is 12.0 Å². The van der Waals surface area contributed by atoms with E-state index in [0.29, 0.717) is 0 Å². The number of aryl methyl sites for hydroxylation is 1. The number of nitrogens with zero attached hydrogens (tertiary/aromatic N) is 1. The van der Waals surface area contributed by atoms with E-state index < -0.39 is 0 Å². The van der Waals surface area contributed by atoms with Crippen molar-refractivity contribution in [3.05, 3.63) is 71.3 Å². The Balaban J connectivity index is 2.00. The molecular formula is C17H19NO. The number of hydrogen-bond acceptors (Lipinski definition) is 2. The molecule has 2 nitrogen and oxygen atoms in total. The van der Waals surface area contributed by atoms with Crippen LogP contribution in [0, 0.1) is 6.92 Å². The largest absolute Gasteiger partial charge is 0.394 e. The van der Waals surface area contributed by atoms with Gasteiger partial charge in [-0.3, -0.25) is 4.99 Å². The quantitative estimate of drug-likeness (QED) is 0.816. The molecule has 0 aromatic heterocycles. The van der Waals surface area contributed by atoms with Gasteiger partial charge in [0.2, 0.25) is 0 Å². The molecule has 1 N–H and O–H groups in total. The van der Waals surface area contributed by atoms with Gasteiger partial charge in [0.15, 0.2) is 0 Å². The lowest BCUT2D eigenvalue weighted by Gasteiger charge is -2.09. The Bertz CT molecular complexity index is 517. The molecule has 0 radical (unpaired) electrons. The van der Waals surface area contributed by atoms with Crippen molar-refractivity contribution >= 4 is 6.21 Å². The molecule has 1 unspecified atom stereocenters. The molecule has 0 saturated heterocycles. The SMILES string of the molecule is Cc1ccc(C=NC(CO)Cc2ccccc2)cc1. The van der Waals surface area contributed by atoms with Crippen molar-refractivity contribution < 1.29 is 5.11 Å². The van der Waals surface area contributed by atoms with Gasteiger partial charge >= 0.3 is 0 Å². The van der Waals surface area contributed by atoms with Crippen molar-refractivity contribution in [2.45, 2.75) is 19.4 Å². The van der Waals surface area contributed by atoms with Crippen molar-refractivity contribution in [2.24, 2.45) is 4.99 Å². The minimum absolute atomic E-state index is 0.0667. The number of aliphatic imine (C=N–C) groups is 1. The van der Waals surface area contributed by atoms with Gasteiger partial charge in [-0.1, -0.05) is 60.2 Å². The predicted molar refractivity (Wildman–Crippen MR) is 79.8 cm³/mol. The zero-order chi connectivity index (χ0) is 13.5. The van der Waals surface area contributed by atoms with Gasteiger partial charge in [-0.05, 0) is 24.5 Å². The first-order valence-electron chi connectivity index (χ1n) is 6.52. The Morgan fingerprint density at radius 1 is 1.05 bits per heavy atom. The van der Waals surface area contributed by atoms with Crippen molar-refractivity contribution in [1.29, 1.82) is 0 Å². The summed E-state index contributed by atoms with van der Waals surface area (Å²) < 4.78 is 0. The van der Waals surface area contributed by atoms with E-state index in [9.17, 15) is 5.11 Å². The highest BCUT2D eigenvalue weighted by Crippen LogP contribution is 2.06. The molecule has 1 atom stereocenters. The monoisotopic (exact) mass is 253 g/mol. The van der Waals surface area contributed by atoms with E-state index >= 15 is 0 Å². The van der Waals surface area contributed by atoms with Gasteiger partial charge in [0.1, 0.15) is 0 Å². The van der Waals surface area contributed by atoms with Crippen LogP contribution in [0.1, 0.15) is 16.7 Å². The average Bonchev–Trinajstić information content (AvgIpc) is 2.46. The highest BCUT2D eigenvalue weighted by atomic mass is 16.3. The third kappa shape index (κ3) is 4.34. The lowest BCUT2D eigenvalue weighted by Crippen LogP contribution is -2.14. The second-order valence-electron chi connectivity index (χ2n) is 4.71. The van der Waals surface area contributed by atoms with Crippen LogP contribution >= 0.6 is 0 Å². The number of rotatable bonds is 5. The van der Waals surface area contributed by atoms with Crippen LogP contribution in [0.15, 0.2) is 59.6 Å². The van der Waals surface area contributed by atoms with Crippen LogP contribution in [0.4, 0.5) is 0 Å². The van der Waals surface area contributed by atoms with Crippen molar-refractivity contribution in [3.63, 3.8) is 0 Å². The summed E-state index contributed by atoms with van der Waals surface area (Å²) in [6.07, 6.45) is 2.60. The Labute approximate surface area is 114 Å². The normalized spacial score (nSPS) is 12.7. The van der Waals surface area contributed by atoms with Crippen LogP contribution < -0.4 is 0 Å². The minimum atomic E-state index is -0.0799. The highest BCUT2D eigenvalue weighted by molar-refractivity contribution is 5.79. The van der Waals surface area contributed by atoms with Crippen LogP contribution in [-0.4, -0.2) is 24.0 Å². The fraction of sp³-hybridized carbons (Fsp3) is 0.235. The molecule has 2 rings (SSSR count). The molecule has 2 heteroatoms. The Morgan fingerprint density at radius 2 is 1.74 bits per heavy atom. The van der Waals surface area contributed by atoms with Crippen molar-refractivity contribution in [3.8, 4) is 0 Å². The lowest BCUT2D eigenvalue weighted by molar-refractivity contribution is 0.266. The fourth-order valence-corrected chi connectivity index (χ4v) is 1.89. The van der Waals surface area contributed by atoms with Crippen LogP contribution in [0.3, 0.4) is 0 Å². The molecular weight excluding hydrogens is 234 g/mol. The van der Waals surface area contributed by atoms with Crippen LogP contribution in [0.25, 0.3) is 0 Å². The molecule has 0 aliphatic carbocycles. The molecule has 2 aromatic carbocycles. The molecule has 0 aliphatic heterocycles. The maximum Gasteiger partial charge on any atom is 0.0770 e. The molecule has 0 aliphatic rings. The molecule has 98 valence electrons.